The number of anilines is 3. The lowest BCUT2D eigenvalue weighted by atomic mass is 10.2. The van der Waals surface area contributed by atoms with Gasteiger partial charge in [0.15, 0.2) is 0 Å². The van der Waals surface area contributed by atoms with Gasteiger partial charge in [-0.05, 0) is 55.5 Å². The van der Waals surface area contributed by atoms with Gasteiger partial charge in [-0.1, -0.05) is 11.6 Å². The number of nitrogens with zero attached hydrogens (tertiary/aromatic N) is 3. The highest BCUT2D eigenvalue weighted by Crippen LogP contribution is 2.29. The fraction of sp³-hybridized carbons (Fsp3) is 0.100. The standard InChI is InChI=1S/C20H16ClN5O2/c1-12-9-17(19(27)24-15-6-3-13(11-22)4-7-15)26-20(23-12)25-16-10-14(21)5-8-18(16)28-2/h3-10H,1-2H3,(H,24,27)(H,23,25,26). The molecule has 0 saturated carbocycles. The molecule has 3 aromatic rings. The highest BCUT2D eigenvalue weighted by atomic mass is 35.5. The van der Waals surface area contributed by atoms with E-state index in [1.165, 1.54) is 0 Å². The van der Waals surface area contributed by atoms with Gasteiger partial charge in [0.1, 0.15) is 11.4 Å². The third-order valence-electron chi connectivity index (χ3n) is 3.77. The van der Waals surface area contributed by atoms with Crippen LogP contribution in [-0.4, -0.2) is 23.0 Å². The van der Waals surface area contributed by atoms with E-state index in [2.05, 4.69) is 20.6 Å². The Hall–Kier alpha value is -3.63. The SMILES string of the molecule is COc1ccc(Cl)cc1Nc1nc(C)cc(C(=O)Nc2ccc(C#N)cc2)n1. The number of halogens is 1. The van der Waals surface area contributed by atoms with E-state index in [1.54, 1.807) is 62.6 Å². The summed E-state index contributed by atoms with van der Waals surface area (Å²) >= 11 is 6.04. The summed E-state index contributed by atoms with van der Waals surface area (Å²) in [6, 6.07) is 15.3. The van der Waals surface area contributed by atoms with Gasteiger partial charge in [0, 0.05) is 16.4 Å². The Bertz CT molecular complexity index is 1060. The van der Waals surface area contributed by atoms with E-state index in [0.29, 0.717) is 33.4 Å². The van der Waals surface area contributed by atoms with Crippen LogP contribution in [0.5, 0.6) is 5.75 Å². The normalized spacial score (nSPS) is 10.1. The lowest BCUT2D eigenvalue weighted by Gasteiger charge is -2.12. The van der Waals surface area contributed by atoms with Crippen molar-refractivity contribution in [2.45, 2.75) is 6.92 Å². The Balaban J connectivity index is 1.83. The van der Waals surface area contributed by atoms with E-state index >= 15 is 0 Å². The van der Waals surface area contributed by atoms with Crippen LogP contribution < -0.4 is 15.4 Å². The number of benzene rings is 2. The molecule has 0 saturated heterocycles. The van der Waals surface area contributed by atoms with Crippen LogP contribution in [0, 0.1) is 18.3 Å². The maximum absolute atomic E-state index is 12.6. The fourth-order valence-electron chi connectivity index (χ4n) is 2.46. The highest BCUT2D eigenvalue weighted by Gasteiger charge is 2.13. The summed E-state index contributed by atoms with van der Waals surface area (Å²) in [6.45, 7) is 1.76. The average molecular weight is 394 g/mol. The second-order valence-corrected chi connectivity index (χ2v) is 6.27. The number of nitrogens with one attached hydrogen (secondary N) is 2. The molecule has 0 aliphatic heterocycles. The van der Waals surface area contributed by atoms with E-state index in [-0.39, 0.29) is 11.6 Å². The van der Waals surface area contributed by atoms with E-state index in [1.807, 2.05) is 6.07 Å². The van der Waals surface area contributed by atoms with Crippen LogP contribution in [0.1, 0.15) is 21.7 Å². The van der Waals surface area contributed by atoms with Crippen LogP contribution in [-0.2, 0) is 0 Å². The fourth-order valence-corrected chi connectivity index (χ4v) is 2.63. The summed E-state index contributed by atoms with van der Waals surface area (Å²) < 4.78 is 5.30. The second kappa shape index (κ2) is 8.37. The van der Waals surface area contributed by atoms with Crippen molar-refractivity contribution in [3.63, 3.8) is 0 Å². The molecule has 1 aromatic heterocycles. The quantitative estimate of drug-likeness (QED) is 0.669. The largest absolute Gasteiger partial charge is 0.495 e. The number of carbonyl (C=O) groups excluding carboxylic acids is 1. The molecular weight excluding hydrogens is 378 g/mol. The smallest absolute Gasteiger partial charge is 0.274 e. The van der Waals surface area contributed by atoms with Gasteiger partial charge in [0.05, 0.1) is 24.4 Å². The lowest BCUT2D eigenvalue weighted by Crippen LogP contribution is -2.15. The molecule has 3 rings (SSSR count). The number of aromatic nitrogens is 2. The lowest BCUT2D eigenvalue weighted by molar-refractivity contribution is 0.102. The van der Waals surface area contributed by atoms with E-state index in [0.717, 1.165) is 0 Å². The van der Waals surface area contributed by atoms with Crippen LogP contribution in [0.3, 0.4) is 0 Å². The first-order valence-electron chi connectivity index (χ1n) is 8.26. The molecule has 2 N–H and O–H groups in total. The number of hydrogen-bond donors (Lipinski definition) is 2. The molecular formula is C20H16ClN5O2. The molecule has 0 aliphatic rings. The molecule has 8 heteroatoms. The molecule has 0 fully saturated rings. The van der Waals surface area contributed by atoms with Crippen molar-refractivity contribution >= 4 is 34.8 Å². The number of hydrogen-bond acceptors (Lipinski definition) is 6. The van der Waals surface area contributed by atoms with Gasteiger partial charge in [0.2, 0.25) is 5.95 Å². The molecule has 0 unspecified atom stereocenters. The topological polar surface area (TPSA) is 99.9 Å². The molecule has 0 atom stereocenters. The van der Waals surface area contributed by atoms with Gasteiger partial charge in [-0.3, -0.25) is 4.79 Å². The zero-order chi connectivity index (χ0) is 20.1. The van der Waals surface area contributed by atoms with Crippen LogP contribution in [0.4, 0.5) is 17.3 Å². The molecule has 2 aromatic carbocycles. The molecule has 140 valence electrons. The summed E-state index contributed by atoms with van der Waals surface area (Å²) in [5, 5.41) is 15.1. The third-order valence-corrected chi connectivity index (χ3v) is 4.00. The van der Waals surface area contributed by atoms with Crippen molar-refractivity contribution < 1.29 is 9.53 Å². The van der Waals surface area contributed by atoms with Gasteiger partial charge in [-0.15, -0.1) is 0 Å². The molecule has 0 aliphatic carbocycles. The molecule has 28 heavy (non-hydrogen) atoms. The maximum atomic E-state index is 12.6. The Morgan fingerprint density at radius 3 is 2.57 bits per heavy atom. The minimum atomic E-state index is -0.392. The predicted octanol–water partition coefficient (Wildman–Crippen LogP) is 4.31. The molecule has 1 amide bonds. The number of aryl methyl sites for hydroxylation is 1. The summed E-state index contributed by atoms with van der Waals surface area (Å²) in [5.74, 6) is 0.417. The number of carbonyl (C=O) groups is 1. The Labute approximate surface area is 167 Å². The first kappa shape index (κ1) is 19.1. The van der Waals surface area contributed by atoms with Crippen LogP contribution >= 0.6 is 11.6 Å². The van der Waals surface area contributed by atoms with Gasteiger partial charge in [-0.25, -0.2) is 9.97 Å². The van der Waals surface area contributed by atoms with E-state index < -0.39 is 5.91 Å². The molecule has 7 nitrogen and oxygen atoms in total. The first-order chi connectivity index (χ1) is 13.5. The molecule has 1 heterocycles. The zero-order valence-electron chi connectivity index (χ0n) is 15.2. The minimum Gasteiger partial charge on any atom is -0.495 e. The first-order valence-corrected chi connectivity index (χ1v) is 8.64. The molecule has 0 bridgehead atoms. The van der Waals surface area contributed by atoms with E-state index in [9.17, 15) is 4.79 Å². The van der Waals surface area contributed by atoms with Crippen molar-refractivity contribution in [3.8, 4) is 11.8 Å². The van der Waals surface area contributed by atoms with Gasteiger partial charge < -0.3 is 15.4 Å². The monoisotopic (exact) mass is 393 g/mol. The Morgan fingerprint density at radius 1 is 1.14 bits per heavy atom. The number of methoxy groups -OCH3 is 1. The summed E-state index contributed by atoms with van der Waals surface area (Å²) in [4.78, 5) is 21.2. The molecule has 0 spiro atoms. The van der Waals surface area contributed by atoms with Crippen LogP contribution in [0.15, 0.2) is 48.5 Å². The van der Waals surface area contributed by atoms with Crippen molar-refractivity contribution in [2.24, 2.45) is 0 Å². The van der Waals surface area contributed by atoms with Crippen molar-refractivity contribution in [2.75, 3.05) is 17.7 Å². The molecule has 0 radical (unpaired) electrons. The van der Waals surface area contributed by atoms with Crippen molar-refractivity contribution in [3.05, 3.63) is 70.5 Å². The van der Waals surface area contributed by atoms with Gasteiger partial charge in [-0.2, -0.15) is 5.26 Å². The Morgan fingerprint density at radius 2 is 1.89 bits per heavy atom. The summed E-state index contributed by atoms with van der Waals surface area (Å²) in [5.41, 5.74) is 2.46. The zero-order valence-corrected chi connectivity index (χ0v) is 15.9. The van der Waals surface area contributed by atoms with Gasteiger partial charge in [0.25, 0.3) is 5.91 Å². The second-order valence-electron chi connectivity index (χ2n) is 5.83. The predicted molar refractivity (Wildman–Crippen MR) is 107 cm³/mol. The number of rotatable bonds is 5. The van der Waals surface area contributed by atoms with Crippen molar-refractivity contribution in [1.29, 1.82) is 5.26 Å². The maximum Gasteiger partial charge on any atom is 0.274 e. The van der Waals surface area contributed by atoms with E-state index in [4.69, 9.17) is 21.6 Å². The number of nitriles is 1. The van der Waals surface area contributed by atoms with Crippen molar-refractivity contribution in [1.82, 2.24) is 9.97 Å². The number of amides is 1. The highest BCUT2D eigenvalue weighted by molar-refractivity contribution is 6.31. The van der Waals surface area contributed by atoms with Crippen LogP contribution in [0.2, 0.25) is 5.02 Å². The minimum absolute atomic E-state index is 0.195. The average Bonchev–Trinajstić information content (AvgIpc) is 2.68. The number of ether oxygens (including phenoxy) is 1. The summed E-state index contributed by atoms with van der Waals surface area (Å²) in [7, 11) is 1.54. The third kappa shape index (κ3) is 4.55. The summed E-state index contributed by atoms with van der Waals surface area (Å²) in [6.07, 6.45) is 0. The van der Waals surface area contributed by atoms with Gasteiger partial charge >= 0.3 is 0 Å². The van der Waals surface area contributed by atoms with Crippen LogP contribution in [0.25, 0.3) is 0 Å². The Kier molecular flexibility index (Phi) is 5.72.